The van der Waals surface area contributed by atoms with E-state index in [9.17, 15) is 13.6 Å². The molecule has 0 bridgehead atoms. The number of anilines is 1. The third kappa shape index (κ3) is 4.90. The van der Waals surface area contributed by atoms with Crippen molar-refractivity contribution in [1.29, 1.82) is 0 Å². The molecule has 1 aromatic carbocycles. The molecule has 0 atom stereocenters. The Kier molecular flexibility index (Phi) is 6.10. The minimum absolute atomic E-state index is 0.0460. The van der Waals surface area contributed by atoms with Gasteiger partial charge in [0.05, 0.1) is 11.1 Å². The van der Waals surface area contributed by atoms with Gasteiger partial charge in [-0.3, -0.25) is 9.69 Å². The maximum atomic E-state index is 13.7. The molecule has 1 amide bonds. The highest BCUT2D eigenvalue weighted by Crippen LogP contribution is 2.41. The van der Waals surface area contributed by atoms with E-state index >= 15 is 0 Å². The van der Waals surface area contributed by atoms with E-state index in [4.69, 9.17) is 0 Å². The lowest BCUT2D eigenvalue weighted by Crippen LogP contribution is -2.29. The topological polar surface area (TPSA) is 63.1 Å². The summed E-state index contributed by atoms with van der Waals surface area (Å²) in [6.07, 6.45) is 3.14. The summed E-state index contributed by atoms with van der Waals surface area (Å²) in [5, 5.41) is 7.61. The number of carbonyl (C=O) groups excluding carboxylic acids is 1. The number of pyridine rings is 1. The monoisotopic (exact) mass is 453 g/mol. The first-order valence-corrected chi connectivity index (χ1v) is 11.7. The van der Waals surface area contributed by atoms with E-state index in [0.717, 1.165) is 32.5 Å². The Morgan fingerprint density at radius 2 is 1.88 bits per heavy atom. The number of hydrogen-bond donors (Lipinski definition) is 1. The van der Waals surface area contributed by atoms with Gasteiger partial charge < -0.3 is 5.32 Å². The fourth-order valence-electron chi connectivity index (χ4n) is 4.68. The average molecular weight is 454 g/mol. The van der Waals surface area contributed by atoms with Crippen LogP contribution in [0.25, 0.3) is 11.0 Å². The van der Waals surface area contributed by atoms with Crippen molar-refractivity contribution in [3.63, 3.8) is 0 Å². The summed E-state index contributed by atoms with van der Waals surface area (Å²) in [7, 11) is 0. The zero-order valence-corrected chi connectivity index (χ0v) is 18.9. The normalized spacial score (nSPS) is 17.1. The lowest BCUT2D eigenvalue weighted by atomic mass is 10.1. The quantitative estimate of drug-likeness (QED) is 0.536. The van der Waals surface area contributed by atoms with Crippen LogP contribution in [-0.4, -0.2) is 38.7 Å². The van der Waals surface area contributed by atoms with Crippen molar-refractivity contribution in [3.05, 3.63) is 52.8 Å². The maximum absolute atomic E-state index is 13.7. The Hall–Kier alpha value is -2.87. The molecule has 174 valence electrons. The molecular weight excluding hydrogens is 424 g/mol. The van der Waals surface area contributed by atoms with Crippen molar-refractivity contribution >= 4 is 22.6 Å². The van der Waals surface area contributed by atoms with Crippen LogP contribution in [0.5, 0.6) is 0 Å². The first-order chi connectivity index (χ1) is 16.0. The summed E-state index contributed by atoms with van der Waals surface area (Å²) in [5.74, 6) is -0.0340. The first kappa shape index (κ1) is 21.9. The SMILES string of the molecule is Cc1nn(CC(=O)Nc2ccc(CN3CCCCC3)cc2)c2nc(C3CC3)cc(C(F)F)c12. The molecule has 2 aliphatic rings. The summed E-state index contributed by atoms with van der Waals surface area (Å²) in [4.78, 5) is 19.8. The van der Waals surface area contributed by atoms with E-state index < -0.39 is 6.43 Å². The largest absolute Gasteiger partial charge is 0.324 e. The summed E-state index contributed by atoms with van der Waals surface area (Å²) in [6, 6.07) is 9.39. The van der Waals surface area contributed by atoms with Gasteiger partial charge in [0.25, 0.3) is 6.43 Å². The molecule has 1 N–H and O–H groups in total. The van der Waals surface area contributed by atoms with E-state index in [1.165, 1.54) is 35.6 Å². The molecule has 0 spiro atoms. The predicted octanol–water partition coefficient (Wildman–Crippen LogP) is 5.18. The number of nitrogens with one attached hydrogen (secondary N) is 1. The standard InChI is InChI=1S/C25H29F2N5O/c1-16-23-20(24(26)27)13-21(18-7-8-18)29-25(23)32(30-16)15-22(33)28-19-9-5-17(6-10-19)14-31-11-3-2-4-12-31/h5-6,9-10,13,18,24H,2-4,7-8,11-12,14-15H2,1H3,(H,28,33). The van der Waals surface area contributed by atoms with Crippen LogP contribution in [0.3, 0.4) is 0 Å². The van der Waals surface area contributed by atoms with Gasteiger partial charge in [-0.25, -0.2) is 18.4 Å². The second-order valence-corrected chi connectivity index (χ2v) is 9.23. The van der Waals surface area contributed by atoms with Crippen LogP contribution in [0, 0.1) is 6.92 Å². The third-order valence-electron chi connectivity index (χ3n) is 6.54. The molecule has 1 aliphatic carbocycles. The van der Waals surface area contributed by atoms with E-state index in [0.29, 0.717) is 28.1 Å². The lowest BCUT2D eigenvalue weighted by molar-refractivity contribution is -0.116. The fourth-order valence-corrected chi connectivity index (χ4v) is 4.68. The first-order valence-electron chi connectivity index (χ1n) is 11.7. The van der Waals surface area contributed by atoms with Crippen LogP contribution in [0.4, 0.5) is 14.5 Å². The van der Waals surface area contributed by atoms with Crippen molar-refractivity contribution in [2.24, 2.45) is 0 Å². The highest BCUT2D eigenvalue weighted by molar-refractivity contribution is 5.92. The van der Waals surface area contributed by atoms with Gasteiger partial charge in [-0.1, -0.05) is 18.6 Å². The molecule has 0 unspecified atom stereocenters. The zero-order valence-electron chi connectivity index (χ0n) is 18.9. The Morgan fingerprint density at radius 3 is 2.55 bits per heavy atom. The number of alkyl halides is 2. The molecule has 6 nitrogen and oxygen atoms in total. The van der Waals surface area contributed by atoms with Gasteiger partial charge in [-0.2, -0.15) is 5.10 Å². The number of carbonyl (C=O) groups is 1. The van der Waals surface area contributed by atoms with Crippen LogP contribution in [0.1, 0.15) is 67.0 Å². The summed E-state index contributed by atoms with van der Waals surface area (Å²) < 4.78 is 28.9. The number of amides is 1. The van der Waals surface area contributed by atoms with Crippen molar-refractivity contribution in [2.75, 3.05) is 18.4 Å². The summed E-state index contributed by atoms with van der Waals surface area (Å²) in [5.41, 5.74) is 3.37. The number of aromatic nitrogens is 3. The Balaban J connectivity index is 1.30. The Bertz CT molecular complexity index is 1150. The molecule has 8 heteroatoms. The van der Waals surface area contributed by atoms with Crippen molar-refractivity contribution in [1.82, 2.24) is 19.7 Å². The van der Waals surface area contributed by atoms with Crippen molar-refractivity contribution in [2.45, 2.75) is 64.5 Å². The van der Waals surface area contributed by atoms with Gasteiger partial charge in [0, 0.05) is 29.4 Å². The molecule has 0 radical (unpaired) electrons. The van der Waals surface area contributed by atoms with E-state index in [2.05, 4.69) is 20.3 Å². The third-order valence-corrected chi connectivity index (χ3v) is 6.54. The number of nitrogens with zero attached hydrogens (tertiary/aromatic N) is 4. The number of fused-ring (bicyclic) bond motifs is 1. The molecule has 5 rings (SSSR count). The van der Waals surface area contributed by atoms with E-state index in [1.807, 2.05) is 24.3 Å². The fraction of sp³-hybridized carbons (Fsp3) is 0.480. The predicted molar refractivity (Wildman–Crippen MR) is 123 cm³/mol. The number of rotatable bonds is 7. The highest BCUT2D eigenvalue weighted by atomic mass is 19.3. The lowest BCUT2D eigenvalue weighted by Gasteiger charge is -2.26. The van der Waals surface area contributed by atoms with Crippen molar-refractivity contribution in [3.8, 4) is 0 Å². The van der Waals surface area contributed by atoms with Gasteiger partial charge in [0.1, 0.15) is 6.54 Å². The highest BCUT2D eigenvalue weighted by Gasteiger charge is 2.29. The number of aryl methyl sites for hydroxylation is 1. The van der Waals surface area contributed by atoms with Crippen LogP contribution in [0.15, 0.2) is 30.3 Å². The minimum atomic E-state index is -2.61. The second kappa shape index (κ2) is 9.17. The Labute approximate surface area is 192 Å². The second-order valence-electron chi connectivity index (χ2n) is 9.23. The van der Waals surface area contributed by atoms with Crippen LogP contribution in [-0.2, 0) is 17.9 Å². The van der Waals surface area contributed by atoms with Gasteiger partial charge in [-0.15, -0.1) is 0 Å². The van der Waals surface area contributed by atoms with E-state index in [-0.39, 0.29) is 23.9 Å². The molecule has 1 aliphatic heterocycles. The summed E-state index contributed by atoms with van der Waals surface area (Å²) >= 11 is 0. The number of piperidine rings is 1. The van der Waals surface area contributed by atoms with Crippen LogP contribution in [0.2, 0.25) is 0 Å². The minimum Gasteiger partial charge on any atom is -0.324 e. The zero-order chi connectivity index (χ0) is 22.9. The van der Waals surface area contributed by atoms with Gasteiger partial charge >= 0.3 is 0 Å². The molecule has 2 aromatic heterocycles. The molecule has 1 saturated heterocycles. The van der Waals surface area contributed by atoms with Crippen molar-refractivity contribution < 1.29 is 13.6 Å². The Morgan fingerprint density at radius 1 is 1.15 bits per heavy atom. The number of likely N-dealkylation sites (tertiary alicyclic amines) is 1. The summed E-state index contributed by atoms with van der Waals surface area (Å²) in [6.45, 7) is 4.80. The number of halogens is 2. The van der Waals surface area contributed by atoms with Gasteiger partial charge in [0.15, 0.2) is 5.65 Å². The smallest absolute Gasteiger partial charge is 0.264 e. The molecule has 33 heavy (non-hydrogen) atoms. The maximum Gasteiger partial charge on any atom is 0.264 e. The molecular formula is C25H29F2N5O. The van der Waals surface area contributed by atoms with Crippen LogP contribution < -0.4 is 5.32 Å². The average Bonchev–Trinajstić information content (AvgIpc) is 3.61. The molecule has 3 aromatic rings. The van der Waals surface area contributed by atoms with Crippen LogP contribution >= 0.6 is 0 Å². The van der Waals surface area contributed by atoms with Gasteiger partial charge in [-0.05, 0) is 69.5 Å². The molecule has 1 saturated carbocycles. The molecule has 2 fully saturated rings. The van der Waals surface area contributed by atoms with Gasteiger partial charge in [0.2, 0.25) is 5.91 Å². The molecule has 3 heterocycles. The number of benzene rings is 1. The number of hydrogen-bond acceptors (Lipinski definition) is 4. The van der Waals surface area contributed by atoms with E-state index in [1.54, 1.807) is 6.92 Å².